The first-order chi connectivity index (χ1) is 9.83. The third-order valence-corrected chi connectivity index (χ3v) is 3.80. The smallest absolute Gasteiger partial charge is 0.422 e. The average Bonchev–Trinajstić information content (AvgIpc) is 2.42. The minimum absolute atomic E-state index is 0.0360. The summed E-state index contributed by atoms with van der Waals surface area (Å²) in [6.45, 7) is -1.40. The third-order valence-electron chi connectivity index (χ3n) is 2.85. The Hall–Kier alpha value is -1.76. The summed E-state index contributed by atoms with van der Waals surface area (Å²) in [5.74, 6) is 0.519. The van der Waals surface area contributed by atoms with E-state index in [2.05, 4.69) is 0 Å². The molecule has 1 unspecified atom stereocenters. The highest BCUT2D eigenvalue weighted by Gasteiger charge is 2.29. The van der Waals surface area contributed by atoms with Crippen molar-refractivity contribution >= 4 is 21.6 Å². The van der Waals surface area contributed by atoms with Gasteiger partial charge in [0.15, 0.2) is 6.61 Å². The van der Waals surface area contributed by atoms with Crippen LogP contribution in [0.15, 0.2) is 35.2 Å². The largest absolute Gasteiger partial charge is 0.496 e. The molecule has 0 aliphatic carbocycles. The van der Waals surface area contributed by atoms with E-state index in [9.17, 15) is 17.4 Å². The second kappa shape index (κ2) is 5.93. The molecule has 21 heavy (non-hydrogen) atoms. The van der Waals surface area contributed by atoms with E-state index >= 15 is 0 Å². The van der Waals surface area contributed by atoms with Crippen LogP contribution < -0.4 is 9.47 Å². The molecule has 0 aliphatic rings. The topological polar surface area (TPSA) is 35.5 Å². The Morgan fingerprint density at radius 3 is 2.43 bits per heavy atom. The molecule has 0 fully saturated rings. The van der Waals surface area contributed by atoms with E-state index in [1.807, 2.05) is 0 Å². The number of alkyl halides is 3. The molecule has 0 saturated heterocycles. The maximum absolute atomic E-state index is 12.3. The zero-order valence-electron chi connectivity index (χ0n) is 11.4. The van der Waals surface area contributed by atoms with Gasteiger partial charge in [-0.3, -0.25) is 4.21 Å². The molecule has 0 aromatic heterocycles. The van der Waals surface area contributed by atoms with Crippen LogP contribution in [0.5, 0.6) is 11.5 Å². The average molecular weight is 318 g/mol. The van der Waals surface area contributed by atoms with Gasteiger partial charge in [-0.25, -0.2) is 0 Å². The van der Waals surface area contributed by atoms with E-state index in [0.29, 0.717) is 21.4 Å². The summed E-state index contributed by atoms with van der Waals surface area (Å²) < 4.78 is 58.9. The quantitative estimate of drug-likeness (QED) is 0.865. The van der Waals surface area contributed by atoms with Gasteiger partial charge in [-0.2, -0.15) is 13.2 Å². The Labute approximate surface area is 122 Å². The molecular weight excluding hydrogens is 305 g/mol. The molecule has 1 atom stereocenters. The third kappa shape index (κ3) is 3.47. The summed E-state index contributed by atoms with van der Waals surface area (Å²) in [6.07, 6.45) is -2.98. The minimum atomic E-state index is -4.44. The number of ether oxygens (including phenoxy) is 2. The molecule has 2 aromatic carbocycles. The van der Waals surface area contributed by atoms with Crippen molar-refractivity contribution in [3.63, 3.8) is 0 Å². The normalized spacial score (nSPS) is 13.2. The number of hydrogen-bond donors (Lipinski definition) is 0. The van der Waals surface area contributed by atoms with Crippen molar-refractivity contribution in [2.24, 2.45) is 0 Å². The standard InChI is InChI=1S/C14H13F3O3S/c1-19-10-6-7-12(21(2)18)13-9(10)4-3-5-11(13)20-8-14(15,16)17/h3-7H,8H2,1-2H3. The molecule has 0 aliphatic heterocycles. The van der Waals surface area contributed by atoms with Crippen molar-refractivity contribution < 1.29 is 26.9 Å². The zero-order chi connectivity index (χ0) is 15.6. The number of fused-ring (bicyclic) bond motifs is 1. The molecule has 0 spiro atoms. The number of hydrogen-bond acceptors (Lipinski definition) is 3. The summed E-state index contributed by atoms with van der Waals surface area (Å²) in [4.78, 5) is 0.406. The van der Waals surface area contributed by atoms with Gasteiger partial charge in [-0.15, -0.1) is 0 Å². The number of methoxy groups -OCH3 is 1. The zero-order valence-corrected chi connectivity index (χ0v) is 12.2. The second-order valence-electron chi connectivity index (χ2n) is 4.30. The number of halogens is 3. The first kappa shape index (κ1) is 15.6. The van der Waals surface area contributed by atoms with E-state index in [1.165, 1.54) is 19.4 Å². The fraction of sp³-hybridized carbons (Fsp3) is 0.286. The van der Waals surface area contributed by atoms with E-state index in [-0.39, 0.29) is 5.75 Å². The van der Waals surface area contributed by atoms with E-state index in [1.54, 1.807) is 24.3 Å². The van der Waals surface area contributed by atoms with Crippen LogP contribution in [0.2, 0.25) is 0 Å². The lowest BCUT2D eigenvalue weighted by Gasteiger charge is -2.15. The van der Waals surface area contributed by atoms with Crippen LogP contribution in [0.1, 0.15) is 0 Å². The van der Waals surface area contributed by atoms with Gasteiger partial charge in [0.05, 0.1) is 22.8 Å². The van der Waals surface area contributed by atoms with Crippen molar-refractivity contribution in [1.29, 1.82) is 0 Å². The van der Waals surface area contributed by atoms with Gasteiger partial charge in [0.25, 0.3) is 0 Å². The van der Waals surface area contributed by atoms with Crippen molar-refractivity contribution in [3.05, 3.63) is 30.3 Å². The summed E-state index contributed by atoms with van der Waals surface area (Å²) >= 11 is 0. The van der Waals surface area contributed by atoms with Gasteiger partial charge in [0, 0.05) is 17.0 Å². The van der Waals surface area contributed by atoms with Gasteiger partial charge in [0.2, 0.25) is 0 Å². The predicted octanol–water partition coefficient (Wildman–Crippen LogP) is 3.53. The molecular formula is C14H13F3O3S. The van der Waals surface area contributed by atoms with Gasteiger partial charge >= 0.3 is 6.18 Å². The molecule has 2 aromatic rings. The van der Waals surface area contributed by atoms with Gasteiger partial charge in [-0.1, -0.05) is 12.1 Å². The lowest BCUT2D eigenvalue weighted by atomic mass is 10.1. The van der Waals surface area contributed by atoms with Crippen LogP contribution in [0.25, 0.3) is 10.8 Å². The Kier molecular flexibility index (Phi) is 4.41. The molecule has 0 saturated carbocycles. The fourth-order valence-electron chi connectivity index (χ4n) is 2.01. The molecule has 0 radical (unpaired) electrons. The van der Waals surface area contributed by atoms with Crippen LogP contribution in [0.4, 0.5) is 13.2 Å². The van der Waals surface area contributed by atoms with Gasteiger partial charge < -0.3 is 9.47 Å². The highest BCUT2D eigenvalue weighted by molar-refractivity contribution is 7.84. The van der Waals surface area contributed by atoms with Crippen LogP contribution >= 0.6 is 0 Å². The Balaban J connectivity index is 2.62. The highest BCUT2D eigenvalue weighted by Crippen LogP contribution is 2.36. The first-order valence-electron chi connectivity index (χ1n) is 5.96. The van der Waals surface area contributed by atoms with E-state index in [4.69, 9.17) is 9.47 Å². The number of benzene rings is 2. The molecule has 114 valence electrons. The van der Waals surface area contributed by atoms with Gasteiger partial charge in [-0.05, 0) is 18.2 Å². The molecule has 0 N–H and O–H groups in total. The van der Waals surface area contributed by atoms with Gasteiger partial charge in [0.1, 0.15) is 11.5 Å². The Bertz CT molecular complexity index is 683. The fourth-order valence-corrected chi connectivity index (χ4v) is 2.77. The molecule has 0 amide bonds. The van der Waals surface area contributed by atoms with E-state index in [0.717, 1.165) is 0 Å². The summed E-state index contributed by atoms with van der Waals surface area (Å²) in [7, 11) is 0.0933. The summed E-state index contributed by atoms with van der Waals surface area (Å²) in [5.41, 5.74) is 0. The maximum Gasteiger partial charge on any atom is 0.422 e. The lowest BCUT2D eigenvalue weighted by Crippen LogP contribution is -2.19. The Morgan fingerprint density at radius 2 is 1.86 bits per heavy atom. The summed E-state index contributed by atoms with van der Waals surface area (Å²) in [5, 5.41) is 0.937. The Morgan fingerprint density at radius 1 is 1.14 bits per heavy atom. The SMILES string of the molecule is COc1ccc(S(C)=O)c2c(OCC(F)(F)F)cccc12. The van der Waals surface area contributed by atoms with Crippen LogP contribution in [0, 0.1) is 0 Å². The maximum atomic E-state index is 12.3. The first-order valence-corrected chi connectivity index (χ1v) is 7.52. The van der Waals surface area contributed by atoms with Crippen molar-refractivity contribution in [1.82, 2.24) is 0 Å². The molecule has 7 heteroatoms. The monoisotopic (exact) mass is 318 g/mol. The predicted molar refractivity (Wildman–Crippen MR) is 74.4 cm³/mol. The number of rotatable bonds is 4. The lowest BCUT2D eigenvalue weighted by molar-refractivity contribution is -0.153. The molecule has 2 rings (SSSR count). The second-order valence-corrected chi connectivity index (χ2v) is 5.65. The molecule has 3 nitrogen and oxygen atoms in total. The van der Waals surface area contributed by atoms with Crippen LogP contribution in [0.3, 0.4) is 0 Å². The van der Waals surface area contributed by atoms with E-state index < -0.39 is 23.6 Å². The van der Waals surface area contributed by atoms with Crippen molar-refractivity contribution in [2.45, 2.75) is 11.1 Å². The van der Waals surface area contributed by atoms with Crippen LogP contribution in [-0.2, 0) is 10.8 Å². The van der Waals surface area contributed by atoms with Crippen molar-refractivity contribution in [2.75, 3.05) is 20.0 Å². The molecule has 0 bridgehead atoms. The minimum Gasteiger partial charge on any atom is -0.496 e. The molecule has 0 heterocycles. The highest BCUT2D eigenvalue weighted by atomic mass is 32.2. The van der Waals surface area contributed by atoms with Crippen LogP contribution in [-0.4, -0.2) is 30.4 Å². The van der Waals surface area contributed by atoms with Crippen molar-refractivity contribution in [3.8, 4) is 11.5 Å². The summed E-state index contributed by atoms with van der Waals surface area (Å²) in [6, 6.07) is 7.87.